The Kier molecular flexibility index (Phi) is 6.01. The number of halogens is 1. The molecule has 1 aromatic carbocycles. The van der Waals surface area contributed by atoms with Gasteiger partial charge < -0.3 is 10.2 Å². The van der Waals surface area contributed by atoms with Gasteiger partial charge in [-0.3, -0.25) is 9.69 Å². The van der Waals surface area contributed by atoms with Crippen LogP contribution < -0.4 is 5.32 Å². The van der Waals surface area contributed by atoms with E-state index in [2.05, 4.69) is 20.8 Å². The molecule has 3 atom stereocenters. The van der Waals surface area contributed by atoms with Crippen LogP contribution in [-0.2, 0) is 11.3 Å². The predicted molar refractivity (Wildman–Crippen MR) is 111 cm³/mol. The van der Waals surface area contributed by atoms with E-state index in [4.69, 9.17) is 11.6 Å². The van der Waals surface area contributed by atoms with Crippen LogP contribution in [-0.4, -0.2) is 67.1 Å². The maximum atomic E-state index is 13.5. The molecule has 3 amide bonds. The number of rotatable bonds is 4. The molecule has 2 aliphatic heterocycles. The number of aromatic nitrogens is 4. The predicted octanol–water partition coefficient (Wildman–Crippen LogP) is 2.25. The van der Waals surface area contributed by atoms with Crippen LogP contribution in [0.25, 0.3) is 5.69 Å². The van der Waals surface area contributed by atoms with Crippen molar-refractivity contribution >= 4 is 23.5 Å². The Balaban J connectivity index is 1.69. The van der Waals surface area contributed by atoms with Gasteiger partial charge in [0.25, 0.3) is 0 Å². The van der Waals surface area contributed by atoms with Gasteiger partial charge in [0.05, 0.1) is 18.3 Å². The van der Waals surface area contributed by atoms with Crippen LogP contribution in [0.4, 0.5) is 4.79 Å². The van der Waals surface area contributed by atoms with E-state index < -0.39 is 0 Å². The quantitative estimate of drug-likeness (QED) is 0.797. The van der Waals surface area contributed by atoms with Gasteiger partial charge in [0, 0.05) is 17.6 Å². The van der Waals surface area contributed by atoms with Crippen molar-refractivity contribution in [1.82, 2.24) is 35.3 Å². The normalized spacial score (nSPS) is 23.7. The number of amides is 3. The molecule has 0 spiro atoms. The fourth-order valence-electron chi connectivity index (χ4n) is 4.29. The lowest BCUT2D eigenvalue weighted by molar-refractivity contribution is -0.132. The summed E-state index contributed by atoms with van der Waals surface area (Å²) in [6.07, 6.45) is 4.27. The highest BCUT2D eigenvalue weighted by Gasteiger charge is 2.39. The smallest absolute Gasteiger partial charge is 0.322 e. The van der Waals surface area contributed by atoms with Crippen LogP contribution in [0.2, 0.25) is 5.02 Å². The largest absolute Gasteiger partial charge is 0.327 e. The zero-order valence-corrected chi connectivity index (χ0v) is 17.9. The number of hydrogen-bond acceptors (Lipinski definition) is 6. The molecule has 2 aromatic rings. The van der Waals surface area contributed by atoms with E-state index in [0.717, 1.165) is 25.8 Å². The molecule has 2 aliphatic rings. The third kappa shape index (κ3) is 4.04. The van der Waals surface area contributed by atoms with Gasteiger partial charge in [-0.1, -0.05) is 18.5 Å². The minimum atomic E-state index is -0.373. The Morgan fingerprint density at radius 2 is 2.13 bits per heavy atom. The monoisotopic (exact) mass is 431 g/mol. The van der Waals surface area contributed by atoms with Gasteiger partial charge in [-0.2, -0.15) is 0 Å². The van der Waals surface area contributed by atoms with E-state index in [1.807, 2.05) is 13.8 Å². The number of urea groups is 1. The molecule has 1 unspecified atom stereocenters. The fraction of sp³-hybridized carbons (Fsp3) is 0.550. The third-order valence-electron chi connectivity index (χ3n) is 6.06. The van der Waals surface area contributed by atoms with Crippen LogP contribution in [0.3, 0.4) is 0 Å². The zero-order valence-electron chi connectivity index (χ0n) is 17.2. The second-order valence-corrected chi connectivity index (χ2v) is 8.55. The average Bonchev–Trinajstić information content (AvgIpc) is 3.47. The number of carbonyl (C=O) groups excluding carboxylic acids is 2. The molecular weight excluding hydrogens is 406 g/mol. The summed E-state index contributed by atoms with van der Waals surface area (Å²) in [4.78, 5) is 30.1. The Labute approximate surface area is 180 Å². The van der Waals surface area contributed by atoms with Gasteiger partial charge in [0.2, 0.25) is 5.91 Å². The van der Waals surface area contributed by atoms with Crippen LogP contribution >= 0.6 is 11.6 Å². The summed E-state index contributed by atoms with van der Waals surface area (Å²) in [6, 6.07) is 4.76. The Bertz CT molecular complexity index is 888. The highest BCUT2D eigenvalue weighted by molar-refractivity contribution is 6.30. The molecule has 1 N–H and O–H groups in total. The first-order valence-electron chi connectivity index (χ1n) is 10.3. The van der Waals surface area contributed by atoms with Crippen molar-refractivity contribution in [3.8, 4) is 5.69 Å². The molecule has 1 aromatic heterocycles. The van der Waals surface area contributed by atoms with Gasteiger partial charge >= 0.3 is 6.03 Å². The van der Waals surface area contributed by atoms with Crippen LogP contribution in [0.1, 0.15) is 38.7 Å². The standard InChI is InChI=1S/C20H26ClN7O2/c1-13-7-8-22-18(13)19(29)27(20(30)26-9-3-4-14(26)2)11-15-10-16(21)5-6-17(15)28-12-23-24-25-28/h5-6,10,12-14,18,22H,3-4,7-9,11H2,1-2H3/t13?,14-,18+/m1/s1. The summed E-state index contributed by atoms with van der Waals surface area (Å²) < 4.78 is 1.51. The lowest BCUT2D eigenvalue weighted by Gasteiger charge is -2.32. The van der Waals surface area contributed by atoms with Gasteiger partial charge in [0.1, 0.15) is 6.33 Å². The average molecular weight is 432 g/mol. The van der Waals surface area contributed by atoms with E-state index >= 15 is 0 Å². The maximum Gasteiger partial charge on any atom is 0.327 e. The summed E-state index contributed by atoms with van der Waals surface area (Å²) >= 11 is 6.25. The van der Waals surface area contributed by atoms with Gasteiger partial charge in [-0.15, -0.1) is 5.10 Å². The van der Waals surface area contributed by atoms with Crippen molar-refractivity contribution in [3.05, 3.63) is 35.1 Å². The number of nitrogens with one attached hydrogen (secondary N) is 1. The molecule has 2 fully saturated rings. The van der Waals surface area contributed by atoms with Crippen molar-refractivity contribution in [2.75, 3.05) is 13.1 Å². The van der Waals surface area contributed by atoms with Crippen molar-refractivity contribution in [3.63, 3.8) is 0 Å². The van der Waals surface area contributed by atoms with E-state index in [1.165, 1.54) is 15.9 Å². The Hall–Kier alpha value is -2.52. The molecule has 4 rings (SSSR count). The van der Waals surface area contributed by atoms with Crippen molar-refractivity contribution in [1.29, 1.82) is 0 Å². The maximum absolute atomic E-state index is 13.5. The molecule has 160 valence electrons. The minimum Gasteiger partial charge on any atom is -0.322 e. The number of nitrogens with zero attached hydrogens (tertiary/aromatic N) is 6. The first-order valence-corrected chi connectivity index (χ1v) is 10.7. The molecule has 0 saturated carbocycles. The zero-order chi connectivity index (χ0) is 21.3. The Morgan fingerprint density at radius 3 is 2.77 bits per heavy atom. The van der Waals surface area contributed by atoms with Crippen molar-refractivity contribution in [2.24, 2.45) is 5.92 Å². The second-order valence-electron chi connectivity index (χ2n) is 8.12. The van der Waals surface area contributed by atoms with Crippen molar-refractivity contribution < 1.29 is 9.59 Å². The number of likely N-dealkylation sites (tertiary alicyclic amines) is 1. The molecule has 30 heavy (non-hydrogen) atoms. The molecular formula is C20H26ClN7O2. The molecule has 2 saturated heterocycles. The topological polar surface area (TPSA) is 96.2 Å². The molecule has 0 aliphatic carbocycles. The summed E-state index contributed by atoms with van der Waals surface area (Å²) in [5.74, 6) is -0.0334. The molecule has 0 bridgehead atoms. The molecule has 3 heterocycles. The summed E-state index contributed by atoms with van der Waals surface area (Å²) in [6.45, 7) is 5.59. The number of benzene rings is 1. The molecule has 0 radical (unpaired) electrons. The minimum absolute atomic E-state index is 0.0987. The van der Waals surface area contributed by atoms with Gasteiger partial charge in [-0.05, 0) is 72.8 Å². The summed E-state index contributed by atoms with van der Waals surface area (Å²) in [7, 11) is 0. The SMILES string of the molecule is CC1CCN[C@@H]1C(=O)N(Cc1cc(Cl)ccc1-n1cnnn1)C(=O)N1CCC[C@H]1C. The number of tetrazole rings is 1. The van der Waals surface area contributed by atoms with E-state index in [9.17, 15) is 9.59 Å². The molecule has 9 nitrogen and oxygen atoms in total. The van der Waals surface area contributed by atoms with E-state index in [0.29, 0.717) is 22.8 Å². The Morgan fingerprint density at radius 1 is 1.30 bits per heavy atom. The molecule has 10 heteroatoms. The van der Waals surface area contributed by atoms with Gasteiger partial charge in [-0.25, -0.2) is 9.48 Å². The van der Waals surface area contributed by atoms with Gasteiger partial charge in [0.15, 0.2) is 0 Å². The first-order chi connectivity index (χ1) is 14.5. The van der Waals surface area contributed by atoms with Crippen molar-refractivity contribution in [2.45, 2.75) is 51.7 Å². The van der Waals surface area contributed by atoms with Crippen LogP contribution in [0.15, 0.2) is 24.5 Å². The third-order valence-corrected chi connectivity index (χ3v) is 6.30. The highest BCUT2D eigenvalue weighted by Crippen LogP contribution is 2.26. The highest BCUT2D eigenvalue weighted by atomic mass is 35.5. The van der Waals surface area contributed by atoms with Crippen LogP contribution in [0.5, 0.6) is 0 Å². The van der Waals surface area contributed by atoms with E-state index in [-0.39, 0.29) is 36.5 Å². The second kappa shape index (κ2) is 8.69. The fourth-order valence-corrected chi connectivity index (χ4v) is 4.49. The lowest BCUT2D eigenvalue weighted by atomic mass is 10.0. The summed E-state index contributed by atoms with van der Waals surface area (Å²) in [5, 5.41) is 15.1. The first kappa shape index (κ1) is 20.7. The van der Waals surface area contributed by atoms with Crippen LogP contribution in [0, 0.1) is 5.92 Å². The summed E-state index contributed by atoms with van der Waals surface area (Å²) in [5.41, 5.74) is 1.38. The lowest BCUT2D eigenvalue weighted by Crippen LogP contribution is -2.53. The van der Waals surface area contributed by atoms with E-state index in [1.54, 1.807) is 23.1 Å². The number of hydrogen-bond donors (Lipinski definition) is 1. The number of carbonyl (C=O) groups is 2. The number of imide groups is 1.